The van der Waals surface area contributed by atoms with Gasteiger partial charge in [-0.05, 0) is 24.8 Å². The SMILES string of the molecule is C=CCC1(c2ccccc2)CN(C2CCN(CC(=O)c3ccccc3)CC2)C(=O)N1. The molecule has 2 aromatic rings. The minimum absolute atomic E-state index is 0.000449. The second-order valence-corrected chi connectivity index (χ2v) is 8.30. The molecule has 2 aliphatic heterocycles. The van der Waals surface area contributed by atoms with Gasteiger partial charge in [-0.15, -0.1) is 6.58 Å². The molecule has 0 aliphatic carbocycles. The van der Waals surface area contributed by atoms with Crippen molar-refractivity contribution in [3.05, 3.63) is 84.4 Å². The molecule has 30 heavy (non-hydrogen) atoms. The lowest BCUT2D eigenvalue weighted by Crippen LogP contribution is -2.47. The maximum atomic E-state index is 12.9. The average molecular weight is 404 g/mol. The van der Waals surface area contributed by atoms with E-state index < -0.39 is 5.54 Å². The zero-order chi connectivity index (χ0) is 21.0. The number of Topliss-reactive ketones (excluding diaryl/α,β-unsaturated/α-hetero) is 1. The van der Waals surface area contributed by atoms with E-state index in [0.717, 1.165) is 37.1 Å². The summed E-state index contributed by atoms with van der Waals surface area (Å²) >= 11 is 0. The van der Waals surface area contributed by atoms with Gasteiger partial charge in [0, 0.05) is 24.7 Å². The molecule has 2 saturated heterocycles. The van der Waals surface area contributed by atoms with Crippen LogP contribution in [-0.2, 0) is 5.54 Å². The van der Waals surface area contributed by atoms with E-state index in [1.54, 1.807) is 0 Å². The van der Waals surface area contributed by atoms with E-state index in [1.807, 2.05) is 59.5 Å². The van der Waals surface area contributed by atoms with Gasteiger partial charge in [-0.25, -0.2) is 4.79 Å². The third-order valence-corrected chi connectivity index (χ3v) is 6.33. The molecule has 5 nitrogen and oxygen atoms in total. The summed E-state index contributed by atoms with van der Waals surface area (Å²) in [5, 5.41) is 3.24. The van der Waals surface area contributed by atoms with Crippen molar-refractivity contribution >= 4 is 11.8 Å². The number of hydrogen-bond donors (Lipinski definition) is 1. The lowest BCUT2D eigenvalue weighted by molar-refractivity contribution is 0.0865. The van der Waals surface area contributed by atoms with Crippen molar-refractivity contribution < 1.29 is 9.59 Å². The molecule has 0 spiro atoms. The highest BCUT2D eigenvalue weighted by molar-refractivity contribution is 5.97. The number of likely N-dealkylation sites (tertiary alicyclic amines) is 1. The Morgan fingerprint density at radius 3 is 2.33 bits per heavy atom. The Hall–Kier alpha value is -2.92. The van der Waals surface area contributed by atoms with Gasteiger partial charge in [-0.2, -0.15) is 0 Å². The minimum atomic E-state index is -0.416. The summed E-state index contributed by atoms with van der Waals surface area (Å²) in [6.45, 7) is 6.65. The number of nitrogens with zero attached hydrogens (tertiary/aromatic N) is 2. The summed E-state index contributed by atoms with van der Waals surface area (Å²) in [7, 11) is 0. The molecule has 156 valence electrons. The second-order valence-electron chi connectivity index (χ2n) is 8.30. The highest BCUT2D eigenvalue weighted by Gasteiger charge is 2.45. The summed E-state index contributed by atoms with van der Waals surface area (Å²) in [5.74, 6) is 0.155. The first kappa shape index (κ1) is 20.4. The minimum Gasteiger partial charge on any atom is -0.326 e. The second kappa shape index (κ2) is 8.84. The summed E-state index contributed by atoms with van der Waals surface area (Å²) in [4.78, 5) is 29.6. The Morgan fingerprint density at radius 2 is 1.70 bits per heavy atom. The zero-order valence-corrected chi connectivity index (χ0v) is 17.3. The molecule has 1 unspecified atom stereocenters. The normalized spacial score (nSPS) is 22.7. The van der Waals surface area contributed by atoms with Crippen LogP contribution in [0.25, 0.3) is 0 Å². The Bertz CT molecular complexity index is 891. The van der Waals surface area contributed by atoms with Gasteiger partial charge in [-0.3, -0.25) is 9.69 Å². The molecule has 5 heteroatoms. The number of nitrogens with one attached hydrogen (secondary N) is 1. The van der Waals surface area contributed by atoms with Gasteiger partial charge in [0.2, 0.25) is 0 Å². The van der Waals surface area contributed by atoms with E-state index >= 15 is 0 Å². The molecule has 1 N–H and O–H groups in total. The number of amides is 2. The van der Waals surface area contributed by atoms with Crippen LogP contribution in [0.3, 0.4) is 0 Å². The molecular formula is C25H29N3O2. The van der Waals surface area contributed by atoms with Gasteiger partial charge in [0.1, 0.15) is 0 Å². The average Bonchev–Trinajstić information content (AvgIpc) is 3.13. The third-order valence-electron chi connectivity index (χ3n) is 6.33. The first-order chi connectivity index (χ1) is 14.6. The fraction of sp³-hybridized carbons (Fsp3) is 0.360. The molecule has 2 amide bonds. The van der Waals surface area contributed by atoms with Gasteiger partial charge in [0.05, 0.1) is 18.6 Å². The Labute approximate surface area is 178 Å². The summed E-state index contributed by atoms with van der Waals surface area (Å²) in [6, 6.07) is 19.8. The maximum absolute atomic E-state index is 12.9. The van der Waals surface area contributed by atoms with Crippen LogP contribution in [0.15, 0.2) is 73.3 Å². The topological polar surface area (TPSA) is 52.7 Å². The molecule has 1 atom stereocenters. The number of piperidine rings is 1. The number of carbonyl (C=O) groups excluding carboxylic acids is 2. The molecule has 2 aliphatic rings. The lowest BCUT2D eigenvalue weighted by Gasteiger charge is -2.36. The van der Waals surface area contributed by atoms with Crippen molar-refractivity contribution in [2.45, 2.75) is 30.8 Å². The fourth-order valence-electron chi connectivity index (χ4n) is 4.68. The van der Waals surface area contributed by atoms with Crippen molar-refractivity contribution in [2.75, 3.05) is 26.2 Å². The smallest absolute Gasteiger partial charge is 0.318 e. The van der Waals surface area contributed by atoms with Crippen molar-refractivity contribution in [3.8, 4) is 0 Å². The van der Waals surface area contributed by atoms with Crippen LogP contribution in [0, 0.1) is 0 Å². The number of hydrogen-bond acceptors (Lipinski definition) is 3. The molecule has 0 saturated carbocycles. The number of rotatable bonds is 7. The standard InChI is InChI=1S/C25H29N3O2/c1-2-15-25(21-11-7-4-8-12-21)19-28(24(30)26-25)22-13-16-27(17-14-22)18-23(29)20-9-5-3-6-10-20/h2-12,22H,1,13-19H2,(H,26,30). The first-order valence-electron chi connectivity index (χ1n) is 10.7. The summed E-state index contributed by atoms with van der Waals surface area (Å²) in [5.41, 5.74) is 1.46. The van der Waals surface area contributed by atoms with Crippen molar-refractivity contribution in [1.82, 2.24) is 15.1 Å². The number of ketones is 1. The number of benzene rings is 2. The molecule has 0 radical (unpaired) electrons. The van der Waals surface area contributed by atoms with E-state index in [-0.39, 0.29) is 17.9 Å². The molecule has 4 rings (SSSR count). The van der Waals surface area contributed by atoms with Crippen LogP contribution in [-0.4, -0.2) is 53.8 Å². The fourth-order valence-corrected chi connectivity index (χ4v) is 4.68. The van der Waals surface area contributed by atoms with Gasteiger partial charge in [-0.1, -0.05) is 66.7 Å². The predicted octanol–water partition coefficient (Wildman–Crippen LogP) is 3.83. The lowest BCUT2D eigenvalue weighted by atomic mass is 9.87. The van der Waals surface area contributed by atoms with Gasteiger partial charge < -0.3 is 10.2 Å². The zero-order valence-electron chi connectivity index (χ0n) is 17.3. The van der Waals surface area contributed by atoms with Crippen LogP contribution < -0.4 is 5.32 Å². The van der Waals surface area contributed by atoms with Crippen molar-refractivity contribution in [3.63, 3.8) is 0 Å². The largest absolute Gasteiger partial charge is 0.326 e. The molecule has 0 bridgehead atoms. The van der Waals surface area contributed by atoms with Crippen molar-refractivity contribution in [1.29, 1.82) is 0 Å². The summed E-state index contributed by atoms with van der Waals surface area (Å²) < 4.78 is 0. The molecule has 0 aromatic heterocycles. The third kappa shape index (κ3) is 4.17. The van der Waals surface area contributed by atoms with E-state index in [0.29, 0.717) is 19.5 Å². The highest BCUT2D eigenvalue weighted by Crippen LogP contribution is 2.34. The highest BCUT2D eigenvalue weighted by atomic mass is 16.2. The first-order valence-corrected chi connectivity index (χ1v) is 10.7. The number of urea groups is 1. The van der Waals surface area contributed by atoms with Crippen LogP contribution in [0.1, 0.15) is 35.2 Å². The van der Waals surface area contributed by atoms with Crippen LogP contribution in [0.2, 0.25) is 0 Å². The molecule has 2 fully saturated rings. The summed E-state index contributed by atoms with van der Waals surface area (Å²) in [6.07, 6.45) is 4.35. The van der Waals surface area contributed by atoms with Crippen LogP contribution in [0.5, 0.6) is 0 Å². The van der Waals surface area contributed by atoms with Gasteiger partial charge in [0.15, 0.2) is 5.78 Å². The van der Waals surface area contributed by atoms with Crippen LogP contribution >= 0.6 is 0 Å². The van der Waals surface area contributed by atoms with E-state index in [4.69, 9.17) is 0 Å². The maximum Gasteiger partial charge on any atom is 0.318 e. The molecular weight excluding hydrogens is 374 g/mol. The van der Waals surface area contributed by atoms with Crippen LogP contribution in [0.4, 0.5) is 4.79 Å². The van der Waals surface area contributed by atoms with E-state index in [1.165, 1.54) is 0 Å². The molecule has 2 heterocycles. The van der Waals surface area contributed by atoms with Gasteiger partial charge >= 0.3 is 6.03 Å². The number of carbonyl (C=O) groups is 2. The van der Waals surface area contributed by atoms with Gasteiger partial charge in [0.25, 0.3) is 0 Å². The van der Waals surface area contributed by atoms with E-state index in [2.05, 4.69) is 28.9 Å². The Morgan fingerprint density at radius 1 is 1.07 bits per heavy atom. The van der Waals surface area contributed by atoms with Crippen molar-refractivity contribution in [2.24, 2.45) is 0 Å². The quantitative estimate of drug-likeness (QED) is 0.565. The molecule has 2 aromatic carbocycles. The predicted molar refractivity (Wildman–Crippen MR) is 118 cm³/mol. The Balaban J connectivity index is 1.38. The Kier molecular flexibility index (Phi) is 6.00. The monoisotopic (exact) mass is 403 g/mol. The van der Waals surface area contributed by atoms with E-state index in [9.17, 15) is 9.59 Å².